The smallest absolute Gasteiger partial charge is 0.317 e. The van der Waals surface area contributed by atoms with Crippen LogP contribution in [0, 0.1) is 0 Å². The molecule has 0 unspecified atom stereocenters. The number of hydrogen-bond acceptors (Lipinski definition) is 4. The molecule has 0 spiro atoms. The summed E-state index contributed by atoms with van der Waals surface area (Å²) in [5.74, 6) is -0.124. The topological polar surface area (TPSA) is 78.9 Å². The van der Waals surface area contributed by atoms with Crippen molar-refractivity contribution in [3.05, 3.63) is 28.7 Å². The number of hydrogen-bond donors (Lipinski definition) is 2. The summed E-state index contributed by atoms with van der Waals surface area (Å²) >= 11 is 3.40. The zero-order valence-corrected chi connectivity index (χ0v) is 15.3. The molecule has 0 aromatic heterocycles. The number of carboxylic acids is 1. The van der Waals surface area contributed by atoms with Crippen LogP contribution < -0.4 is 10.1 Å². The zero-order chi connectivity index (χ0) is 17.5. The molecule has 1 aromatic carbocycles. The van der Waals surface area contributed by atoms with E-state index in [1.165, 1.54) is 0 Å². The number of nitrogens with zero attached hydrogens (tertiary/aromatic N) is 1. The van der Waals surface area contributed by atoms with Gasteiger partial charge in [0.1, 0.15) is 5.75 Å². The quantitative estimate of drug-likeness (QED) is 0.666. The highest BCUT2D eigenvalue weighted by molar-refractivity contribution is 9.10. The molecule has 1 aliphatic carbocycles. The third-order valence-electron chi connectivity index (χ3n) is 4.16. The van der Waals surface area contributed by atoms with Gasteiger partial charge in [-0.2, -0.15) is 0 Å². The van der Waals surface area contributed by atoms with Crippen LogP contribution in [0.1, 0.15) is 26.2 Å². The fourth-order valence-electron chi connectivity index (χ4n) is 2.79. The van der Waals surface area contributed by atoms with Crippen LogP contribution in [0.4, 0.5) is 0 Å². The highest BCUT2D eigenvalue weighted by Crippen LogP contribution is 2.26. The predicted molar refractivity (Wildman–Crippen MR) is 94.1 cm³/mol. The Kier molecular flexibility index (Phi) is 7.05. The van der Waals surface area contributed by atoms with Crippen molar-refractivity contribution in [2.75, 3.05) is 19.7 Å². The van der Waals surface area contributed by atoms with E-state index in [1.54, 1.807) is 0 Å². The first-order valence-electron chi connectivity index (χ1n) is 8.12. The first-order valence-corrected chi connectivity index (χ1v) is 8.91. The fourth-order valence-corrected chi connectivity index (χ4v) is 3.19. The Bertz CT molecular complexity index is 575. The molecule has 1 aliphatic rings. The van der Waals surface area contributed by atoms with Gasteiger partial charge in [-0.1, -0.05) is 19.1 Å². The lowest BCUT2D eigenvalue weighted by atomic mass is 9.85. The van der Waals surface area contributed by atoms with Gasteiger partial charge in [-0.15, -0.1) is 0 Å². The van der Waals surface area contributed by atoms with E-state index in [9.17, 15) is 9.59 Å². The molecule has 0 aliphatic heterocycles. The molecule has 2 N–H and O–H groups in total. The lowest BCUT2D eigenvalue weighted by molar-refractivity contribution is -0.139. The summed E-state index contributed by atoms with van der Waals surface area (Å²) in [6.07, 6.45) is 1.91. The number of carboxylic acid groups (broad SMARTS) is 1. The van der Waals surface area contributed by atoms with Gasteiger partial charge in [0, 0.05) is 12.1 Å². The van der Waals surface area contributed by atoms with Crippen molar-refractivity contribution in [2.45, 2.75) is 38.3 Å². The van der Waals surface area contributed by atoms with Crippen LogP contribution in [-0.4, -0.2) is 53.7 Å². The van der Waals surface area contributed by atoms with Crippen LogP contribution >= 0.6 is 15.9 Å². The SMILES string of the molecule is CCN(CC(=O)O)C1CC(NC(=O)CCOc2ccccc2Br)C1. The molecule has 6 nitrogen and oxygen atoms in total. The Balaban J connectivity index is 1.64. The van der Waals surface area contributed by atoms with Crippen LogP contribution in [0.2, 0.25) is 0 Å². The van der Waals surface area contributed by atoms with E-state index < -0.39 is 5.97 Å². The summed E-state index contributed by atoms with van der Waals surface area (Å²) in [7, 11) is 0. The van der Waals surface area contributed by atoms with Crippen molar-refractivity contribution in [3.63, 3.8) is 0 Å². The van der Waals surface area contributed by atoms with Crippen LogP contribution in [0.5, 0.6) is 5.75 Å². The van der Waals surface area contributed by atoms with Crippen molar-refractivity contribution < 1.29 is 19.4 Å². The molecule has 1 aromatic rings. The lowest BCUT2D eigenvalue weighted by Crippen LogP contribution is -2.54. The monoisotopic (exact) mass is 398 g/mol. The van der Waals surface area contributed by atoms with Crippen molar-refractivity contribution in [2.24, 2.45) is 0 Å². The molecule has 0 bridgehead atoms. The molecule has 1 saturated carbocycles. The zero-order valence-electron chi connectivity index (χ0n) is 13.7. The van der Waals surface area contributed by atoms with Crippen molar-refractivity contribution in [1.29, 1.82) is 0 Å². The van der Waals surface area contributed by atoms with Gasteiger partial charge in [-0.25, -0.2) is 0 Å². The van der Waals surface area contributed by atoms with Gasteiger partial charge in [0.15, 0.2) is 0 Å². The molecule has 7 heteroatoms. The van der Waals surface area contributed by atoms with E-state index in [0.717, 1.165) is 23.1 Å². The largest absolute Gasteiger partial charge is 0.492 e. The highest BCUT2D eigenvalue weighted by Gasteiger charge is 2.34. The van der Waals surface area contributed by atoms with E-state index in [0.29, 0.717) is 19.6 Å². The predicted octanol–water partition coefficient (Wildman–Crippen LogP) is 2.27. The van der Waals surface area contributed by atoms with Crippen molar-refractivity contribution >= 4 is 27.8 Å². The first kappa shape index (κ1) is 18.7. The van der Waals surface area contributed by atoms with Gasteiger partial charge in [0.05, 0.1) is 24.0 Å². The lowest BCUT2D eigenvalue weighted by Gasteiger charge is -2.42. The number of para-hydroxylation sites is 1. The summed E-state index contributed by atoms with van der Waals surface area (Å²) in [6.45, 7) is 3.04. The van der Waals surface area contributed by atoms with Gasteiger partial charge in [0.2, 0.25) is 5.91 Å². The molecule has 0 radical (unpaired) electrons. The standard InChI is InChI=1S/C17H23BrN2O4/c1-2-20(11-17(22)23)13-9-12(10-13)19-16(21)7-8-24-15-6-4-3-5-14(15)18/h3-6,12-13H,2,7-11H2,1H3,(H,19,21)(H,22,23). The van der Waals surface area contributed by atoms with Crippen molar-refractivity contribution in [1.82, 2.24) is 10.2 Å². The summed E-state index contributed by atoms with van der Waals surface area (Å²) in [5, 5.41) is 11.9. The van der Waals surface area contributed by atoms with E-state index in [4.69, 9.17) is 9.84 Å². The van der Waals surface area contributed by atoms with Gasteiger partial charge in [0.25, 0.3) is 0 Å². The Morgan fingerprint density at radius 2 is 2.08 bits per heavy atom. The Morgan fingerprint density at radius 3 is 2.71 bits per heavy atom. The van der Waals surface area contributed by atoms with Gasteiger partial charge in [-0.3, -0.25) is 14.5 Å². The number of benzene rings is 1. The highest BCUT2D eigenvalue weighted by atomic mass is 79.9. The van der Waals surface area contributed by atoms with Gasteiger partial charge in [-0.05, 0) is 47.4 Å². The number of amides is 1. The third kappa shape index (κ3) is 5.49. The van der Waals surface area contributed by atoms with Crippen LogP contribution in [-0.2, 0) is 9.59 Å². The summed E-state index contributed by atoms with van der Waals surface area (Å²) in [5.41, 5.74) is 0. The van der Waals surface area contributed by atoms with Gasteiger partial charge < -0.3 is 15.2 Å². The number of ether oxygens (including phenoxy) is 1. The normalized spacial score (nSPS) is 19.6. The van der Waals surface area contributed by atoms with E-state index in [-0.39, 0.29) is 24.5 Å². The maximum absolute atomic E-state index is 11.9. The number of rotatable bonds is 9. The average Bonchev–Trinajstić information content (AvgIpc) is 2.50. The molecule has 1 amide bonds. The number of likely N-dealkylation sites (N-methyl/N-ethyl adjacent to an activating group) is 1. The molecule has 0 saturated heterocycles. The number of carbonyl (C=O) groups excluding carboxylic acids is 1. The third-order valence-corrected chi connectivity index (χ3v) is 4.82. The molecule has 1 fully saturated rings. The molecule has 132 valence electrons. The summed E-state index contributed by atoms with van der Waals surface area (Å²) < 4.78 is 6.45. The molecular weight excluding hydrogens is 376 g/mol. The molecule has 24 heavy (non-hydrogen) atoms. The maximum Gasteiger partial charge on any atom is 0.317 e. The second-order valence-corrected chi connectivity index (χ2v) is 6.73. The minimum Gasteiger partial charge on any atom is -0.492 e. The molecule has 0 heterocycles. The molecular formula is C17H23BrN2O4. The van der Waals surface area contributed by atoms with E-state index in [2.05, 4.69) is 21.2 Å². The van der Waals surface area contributed by atoms with Gasteiger partial charge >= 0.3 is 5.97 Å². The average molecular weight is 399 g/mol. The number of nitrogens with one attached hydrogen (secondary N) is 1. The number of carbonyl (C=O) groups is 2. The Morgan fingerprint density at radius 1 is 1.38 bits per heavy atom. The van der Waals surface area contributed by atoms with E-state index >= 15 is 0 Å². The van der Waals surface area contributed by atoms with Crippen LogP contribution in [0.15, 0.2) is 28.7 Å². The second kappa shape index (κ2) is 9.03. The fraction of sp³-hybridized carbons (Fsp3) is 0.529. The summed E-state index contributed by atoms with van der Waals surface area (Å²) in [6, 6.07) is 7.90. The van der Waals surface area contributed by atoms with E-state index in [1.807, 2.05) is 36.1 Å². The number of halogens is 1. The second-order valence-electron chi connectivity index (χ2n) is 5.88. The first-order chi connectivity index (χ1) is 11.5. The minimum atomic E-state index is -0.812. The summed E-state index contributed by atoms with van der Waals surface area (Å²) in [4.78, 5) is 24.7. The van der Waals surface area contributed by atoms with Crippen LogP contribution in [0.3, 0.4) is 0 Å². The Hall–Kier alpha value is -1.60. The Labute approximate surface area is 150 Å². The molecule has 2 rings (SSSR count). The van der Waals surface area contributed by atoms with Crippen molar-refractivity contribution in [3.8, 4) is 5.75 Å². The van der Waals surface area contributed by atoms with Crippen LogP contribution in [0.25, 0.3) is 0 Å². The minimum absolute atomic E-state index is 0.0354. The number of aliphatic carboxylic acids is 1. The molecule has 0 atom stereocenters. The maximum atomic E-state index is 11.9.